The quantitative estimate of drug-likeness (QED) is 0.609. The fourth-order valence-corrected chi connectivity index (χ4v) is 2.28. The number of hydrogen-bond acceptors (Lipinski definition) is 2. The maximum Gasteiger partial charge on any atom is 0.416 e. The highest BCUT2D eigenvalue weighted by atomic mass is 19.4. The molecule has 0 spiro atoms. The first-order valence-electron chi connectivity index (χ1n) is 6.80. The number of carbonyl (C=O) groups is 1. The van der Waals surface area contributed by atoms with E-state index in [1.54, 1.807) is 0 Å². The lowest BCUT2D eigenvalue weighted by atomic mass is 9.88. The van der Waals surface area contributed by atoms with Crippen molar-refractivity contribution in [3.63, 3.8) is 0 Å². The zero-order valence-corrected chi connectivity index (χ0v) is 12.2. The standard InChI is InChI=1S/C17H14F4O2/c1-23-16(22)10-15(12-4-8-14(18)9-5-12)11-2-6-13(7-3-11)17(19,20)21/h2-9,15H,10H2,1H3. The average molecular weight is 326 g/mol. The number of esters is 1. The van der Waals surface area contributed by atoms with E-state index in [1.807, 2.05) is 0 Å². The molecule has 122 valence electrons. The number of rotatable bonds is 4. The number of ether oxygens (including phenoxy) is 1. The highest BCUT2D eigenvalue weighted by Crippen LogP contribution is 2.33. The predicted octanol–water partition coefficient (Wildman–Crippen LogP) is 4.54. The van der Waals surface area contributed by atoms with E-state index in [9.17, 15) is 22.4 Å². The molecule has 0 radical (unpaired) electrons. The summed E-state index contributed by atoms with van der Waals surface area (Å²) in [4.78, 5) is 11.6. The Morgan fingerprint density at radius 1 is 1.00 bits per heavy atom. The Balaban J connectivity index is 2.37. The van der Waals surface area contributed by atoms with Crippen LogP contribution < -0.4 is 0 Å². The van der Waals surface area contributed by atoms with Crippen molar-refractivity contribution in [3.8, 4) is 0 Å². The third kappa shape index (κ3) is 4.31. The van der Waals surface area contributed by atoms with Crippen molar-refractivity contribution in [2.45, 2.75) is 18.5 Å². The smallest absolute Gasteiger partial charge is 0.416 e. The highest BCUT2D eigenvalue weighted by molar-refractivity contribution is 5.71. The SMILES string of the molecule is COC(=O)CC(c1ccc(F)cc1)c1ccc(C(F)(F)F)cc1. The van der Waals surface area contributed by atoms with Gasteiger partial charge in [0, 0.05) is 5.92 Å². The van der Waals surface area contributed by atoms with Crippen LogP contribution in [0.4, 0.5) is 17.6 Å². The Labute approximate surface area is 130 Å². The van der Waals surface area contributed by atoms with Crippen molar-refractivity contribution in [2.75, 3.05) is 7.11 Å². The molecule has 2 nitrogen and oxygen atoms in total. The molecule has 0 bridgehead atoms. The number of benzene rings is 2. The monoisotopic (exact) mass is 326 g/mol. The van der Waals surface area contributed by atoms with Crippen molar-refractivity contribution >= 4 is 5.97 Å². The van der Waals surface area contributed by atoms with Gasteiger partial charge >= 0.3 is 12.1 Å². The molecule has 0 heterocycles. The zero-order valence-electron chi connectivity index (χ0n) is 12.2. The van der Waals surface area contributed by atoms with Crippen molar-refractivity contribution in [1.82, 2.24) is 0 Å². The summed E-state index contributed by atoms with van der Waals surface area (Å²) in [6.07, 6.45) is -4.47. The number of methoxy groups -OCH3 is 1. The van der Waals surface area contributed by atoms with Gasteiger partial charge in [-0.25, -0.2) is 4.39 Å². The fourth-order valence-electron chi connectivity index (χ4n) is 2.28. The number of carbonyl (C=O) groups excluding carboxylic acids is 1. The molecule has 1 unspecified atom stereocenters. The number of hydrogen-bond donors (Lipinski definition) is 0. The van der Waals surface area contributed by atoms with Gasteiger partial charge in [-0.15, -0.1) is 0 Å². The van der Waals surface area contributed by atoms with Crippen molar-refractivity contribution < 1.29 is 27.1 Å². The lowest BCUT2D eigenvalue weighted by Gasteiger charge is -2.18. The van der Waals surface area contributed by atoms with Gasteiger partial charge in [-0.3, -0.25) is 4.79 Å². The second-order valence-corrected chi connectivity index (χ2v) is 5.00. The molecule has 0 aliphatic heterocycles. The van der Waals surface area contributed by atoms with Gasteiger partial charge in [-0.1, -0.05) is 24.3 Å². The van der Waals surface area contributed by atoms with Gasteiger partial charge in [0.1, 0.15) is 5.82 Å². The zero-order chi connectivity index (χ0) is 17.0. The first kappa shape index (κ1) is 17.0. The first-order valence-corrected chi connectivity index (χ1v) is 6.80. The van der Waals surface area contributed by atoms with Crippen LogP contribution >= 0.6 is 0 Å². The molecule has 0 aliphatic rings. The minimum absolute atomic E-state index is 0.0481. The van der Waals surface area contributed by atoms with Crippen molar-refractivity contribution in [3.05, 3.63) is 71.0 Å². The average Bonchev–Trinajstić information content (AvgIpc) is 2.52. The summed E-state index contributed by atoms with van der Waals surface area (Å²) in [5.41, 5.74) is 0.378. The lowest BCUT2D eigenvalue weighted by molar-refractivity contribution is -0.141. The van der Waals surface area contributed by atoms with Crippen LogP contribution in [0.1, 0.15) is 29.0 Å². The molecule has 0 aliphatic carbocycles. The summed E-state index contributed by atoms with van der Waals surface area (Å²) in [6.45, 7) is 0. The summed E-state index contributed by atoms with van der Waals surface area (Å²) in [7, 11) is 1.23. The Hall–Kier alpha value is -2.37. The normalized spacial score (nSPS) is 12.7. The fraction of sp³-hybridized carbons (Fsp3) is 0.235. The summed E-state index contributed by atoms with van der Waals surface area (Å²) < 4.78 is 55.6. The van der Waals surface area contributed by atoms with Crippen LogP contribution in [0.3, 0.4) is 0 Å². The van der Waals surface area contributed by atoms with Crippen LogP contribution in [0.5, 0.6) is 0 Å². The van der Waals surface area contributed by atoms with Gasteiger partial charge in [-0.05, 0) is 35.4 Å². The van der Waals surface area contributed by atoms with Gasteiger partial charge in [0.05, 0.1) is 19.1 Å². The van der Waals surface area contributed by atoms with Crippen LogP contribution in [0.2, 0.25) is 0 Å². The minimum Gasteiger partial charge on any atom is -0.469 e. The van der Waals surface area contributed by atoms with E-state index in [0.29, 0.717) is 11.1 Å². The molecule has 0 amide bonds. The highest BCUT2D eigenvalue weighted by Gasteiger charge is 2.30. The Morgan fingerprint density at radius 3 is 1.91 bits per heavy atom. The summed E-state index contributed by atoms with van der Waals surface area (Å²) in [5.74, 6) is -1.44. The van der Waals surface area contributed by atoms with Crippen LogP contribution in [-0.2, 0) is 15.7 Å². The van der Waals surface area contributed by atoms with E-state index >= 15 is 0 Å². The Morgan fingerprint density at radius 2 is 1.48 bits per heavy atom. The molecule has 0 saturated carbocycles. The molecule has 0 fully saturated rings. The van der Waals surface area contributed by atoms with Gasteiger partial charge in [0.25, 0.3) is 0 Å². The van der Waals surface area contributed by atoms with Gasteiger partial charge in [0.15, 0.2) is 0 Å². The maximum atomic E-state index is 13.0. The van der Waals surface area contributed by atoms with E-state index in [1.165, 1.54) is 43.5 Å². The van der Waals surface area contributed by atoms with Crippen LogP contribution in [0.25, 0.3) is 0 Å². The second kappa shape index (κ2) is 6.81. The van der Waals surface area contributed by atoms with E-state index < -0.39 is 29.4 Å². The van der Waals surface area contributed by atoms with Crippen molar-refractivity contribution in [2.24, 2.45) is 0 Å². The van der Waals surface area contributed by atoms with Crippen LogP contribution in [0.15, 0.2) is 48.5 Å². The molecule has 0 aromatic heterocycles. The van der Waals surface area contributed by atoms with E-state index in [0.717, 1.165) is 12.1 Å². The largest absolute Gasteiger partial charge is 0.469 e. The molecule has 23 heavy (non-hydrogen) atoms. The Bertz CT molecular complexity index is 660. The molecular formula is C17H14F4O2. The molecule has 2 aromatic carbocycles. The number of alkyl halides is 3. The third-order valence-corrected chi connectivity index (χ3v) is 3.51. The van der Waals surface area contributed by atoms with Crippen molar-refractivity contribution in [1.29, 1.82) is 0 Å². The lowest BCUT2D eigenvalue weighted by Crippen LogP contribution is -2.11. The molecule has 0 saturated heterocycles. The Kier molecular flexibility index (Phi) is 5.03. The van der Waals surface area contributed by atoms with E-state index in [4.69, 9.17) is 0 Å². The molecule has 1 atom stereocenters. The molecular weight excluding hydrogens is 312 g/mol. The molecule has 2 rings (SSSR count). The summed E-state index contributed by atoms with van der Waals surface area (Å²) in [6, 6.07) is 10.0. The number of halogens is 4. The topological polar surface area (TPSA) is 26.3 Å². The van der Waals surface area contributed by atoms with E-state index in [2.05, 4.69) is 4.74 Å². The van der Waals surface area contributed by atoms with Crippen LogP contribution in [-0.4, -0.2) is 13.1 Å². The maximum absolute atomic E-state index is 13.0. The molecule has 6 heteroatoms. The summed E-state index contributed by atoms with van der Waals surface area (Å²) in [5, 5.41) is 0. The minimum atomic E-state index is -4.42. The van der Waals surface area contributed by atoms with Crippen LogP contribution in [0, 0.1) is 5.82 Å². The first-order chi connectivity index (χ1) is 10.8. The van der Waals surface area contributed by atoms with E-state index in [-0.39, 0.29) is 6.42 Å². The van der Waals surface area contributed by atoms with Gasteiger partial charge in [0.2, 0.25) is 0 Å². The molecule has 2 aromatic rings. The summed E-state index contributed by atoms with van der Waals surface area (Å²) >= 11 is 0. The molecule has 0 N–H and O–H groups in total. The third-order valence-electron chi connectivity index (χ3n) is 3.51. The second-order valence-electron chi connectivity index (χ2n) is 5.00. The van der Waals surface area contributed by atoms with Gasteiger partial charge < -0.3 is 4.74 Å². The predicted molar refractivity (Wildman–Crippen MR) is 76.3 cm³/mol. The van der Waals surface area contributed by atoms with Gasteiger partial charge in [-0.2, -0.15) is 13.2 Å².